The quantitative estimate of drug-likeness (QED) is 0.351. The van der Waals surface area contributed by atoms with Crippen LogP contribution in [0.25, 0.3) is 0 Å². The first-order valence-electron chi connectivity index (χ1n) is 7.46. The van der Waals surface area contributed by atoms with Crippen LogP contribution in [0.3, 0.4) is 0 Å². The Kier molecular flexibility index (Phi) is 6.85. The molecule has 0 aliphatic carbocycles. The molecule has 136 valence electrons. The summed E-state index contributed by atoms with van der Waals surface area (Å²) in [6.45, 7) is 0. The van der Waals surface area contributed by atoms with Crippen LogP contribution >= 0.6 is 19.4 Å². The SMILES string of the molecule is O=P(O)(O)C(CCC(Sc1ccccc1)c1ccccc1)S(=O)(=O)O. The Morgan fingerprint density at radius 2 is 1.44 bits per heavy atom. The highest BCUT2D eigenvalue weighted by Gasteiger charge is 2.39. The van der Waals surface area contributed by atoms with Gasteiger partial charge in [0.15, 0.2) is 4.99 Å². The van der Waals surface area contributed by atoms with Gasteiger partial charge in [0.2, 0.25) is 0 Å². The summed E-state index contributed by atoms with van der Waals surface area (Å²) in [6.07, 6.45) is -0.165. The van der Waals surface area contributed by atoms with Gasteiger partial charge >= 0.3 is 7.60 Å². The van der Waals surface area contributed by atoms with Gasteiger partial charge in [-0.2, -0.15) is 8.42 Å². The maximum Gasteiger partial charge on any atom is 0.346 e. The van der Waals surface area contributed by atoms with Crippen molar-refractivity contribution in [1.29, 1.82) is 0 Å². The lowest BCUT2D eigenvalue weighted by atomic mass is 10.1. The summed E-state index contributed by atoms with van der Waals surface area (Å²) in [4.78, 5) is 17.3. The third kappa shape index (κ3) is 6.26. The molecule has 9 heteroatoms. The minimum atomic E-state index is -4.97. The minimum absolute atomic E-state index is 0.180. The summed E-state index contributed by atoms with van der Waals surface area (Å²) in [6, 6.07) is 18.7. The first-order chi connectivity index (χ1) is 11.7. The third-order valence-electron chi connectivity index (χ3n) is 3.59. The van der Waals surface area contributed by atoms with Crippen molar-refractivity contribution in [2.45, 2.75) is 28.0 Å². The molecule has 0 bridgehead atoms. The Balaban J connectivity index is 2.23. The van der Waals surface area contributed by atoms with Crippen LogP contribution in [0, 0.1) is 0 Å². The molecule has 0 radical (unpaired) electrons. The second-order valence-corrected chi connectivity index (χ2v) is 10.5. The fraction of sp³-hybridized carbons (Fsp3) is 0.250. The number of thioether (sulfide) groups is 1. The van der Waals surface area contributed by atoms with E-state index in [1.165, 1.54) is 11.8 Å². The van der Waals surface area contributed by atoms with Crippen LogP contribution < -0.4 is 0 Å². The summed E-state index contributed by atoms with van der Waals surface area (Å²) in [7, 11) is -9.82. The first kappa shape index (κ1) is 20.2. The van der Waals surface area contributed by atoms with Crippen LogP contribution in [0.5, 0.6) is 0 Å². The lowest BCUT2D eigenvalue weighted by molar-refractivity contribution is 0.360. The van der Waals surface area contributed by atoms with Gasteiger partial charge in [-0.3, -0.25) is 9.12 Å². The number of hydrogen-bond acceptors (Lipinski definition) is 4. The number of hydrogen-bond donors (Lipinski definition) is 3. The van der Waals surface area contributed by atoms with Gasteiger partial charge < -0.3 is 9.79 Å². The normalized spacial score (nSPS) is 14.8. The fourth-order valence-electron chi connectivity index (χ4n) is 2.41. The molecule has 0 aromatic heterocycles. The van der Waals surface area contributed by atoms with Crippen LogP contribution in [-0.4, -0.2) is 27.7 Å². The van der Waals surface area contributed by atoms with E-state index < -0.39 is 22.7 Å². The minimum Gasteiger partial charge on any atom is -0.323 e. The monoisotopic (exact) mass is 402 g/mol. The van der Waals surface area contributed by atoms with Crippen molar-refractivity contribution < 1.29 is 27.3 Å². The van der Waals surface area contributed by atoms with Crippen LogP contribution in [-0.2, 0) is 14.7 Å². The molecule has 0 spiro atoms. The molecule has 0 aliphatic heterocycles. The van der Waals surface area contributed by atoms with E-state index in [1.807, 2.05) is 60.7 Å². The summed E-state index contributed by atoms with van der Waals surface area (Å²) in [5, 5.41) is -0.209. The van der Waals surface area contributed by atoms with Gasteiger partial charge in [0.25, 0.3) is 10.1 Å². The van der Waals surface area contributed by atoms with E-state index in [0.717, 1.165) is 10.5 Å². The molecule has 0 fully saturated rings. The summed E-state index contributed by atoms with van der Waals surface area (Å²) < 4.78 is 43.3. The van der Waals surface area contributed by atoms with Crippen molar-refractivity contribution in [2.75, 3.05) is 0 Å². The average molecular weight is 402 g/mol. The zero-order valence-electron chi connectivity index (χ0n) is 13.2. The maximum absolute atomic E-state index is 11.4. The molecule has 2 aromatic rings. The molecule has 2 atom stereocenters. The van der Waals surface area contributed by atoms with E-state index >= 15 is 0 Å². The number of benzene rings is 2. The van der Waals surface area contributed by atoms with Gasteiger partial charge in [0, 0.05) is 10.1 Å². The molecular weight excluding hydrogens is 383 g/mol. The molecular formula is C16H19O6PS2. The van der Waals surface area contributed by atoms with Crippen LogP contribution in [0.2, 0.25) is 0 Å². The molecule has 2 unspecified atom stereocenters. The van der Waals surface area contributed by atoms with Gasteiger partial charge in [-0.25, -0.2) is 0 Å². The zero-order valence-corrected chi connectivity index (χ0v) is 15.7. The summed E-state index contributed by atoms with van der Waals surface area (Å²) in [5.41, 5.74) is 0.913. The molecule has 3 N–H and O–H groups in total. The van der Waals surface area contributed by atoms with Crippen molar-refractivity contribution in [2.24, 2.45) is 0 Å². The lowest BCUT2D eigenvalue weighted by Crippen LogP contribution is -2.21. The van der Waals surface area contributed by atoms with Gasteiger partial charge in [0.1, 0.15) is 0 Å². The number of rotatable bonds is 8. The highest BCUT2D eigenvalue weighted by molar-refractivity contribution is 7.99. The van der Waals surface area contributed by atoms with E-state index in [2.05, 4.69) is 0 Å². The van der Waals surface area contributed by atoms with Gasteiger partial charge in [-0.05, 0) is 30.5 Å². The highest BCUT2D eigenvalue weighted by atomic mass is 32.2. The molecule has 0 amide bonds. The Labute approximate surface area is 151 Å². The van der Waals surface area contributed by atoms with Crippen molar-refractivity contribution in [3.63, 3.8) is 0 Å². The topological polar surface area (TPSA) is 112 Å². The van der Waals surface area contributed by atoms with Crippen molar-refractivity contribution in [3.8, 4) is 0 Å². The third-order valence-corrected chi connectivity index (χ3v) is 8.48. The predicted molar refractivity (Wildman–Crippen MR) is 98.1 cm³/mol. The average Bonchev–Trinajstić information content (AvgIpc) is 2.53. The van der Waals surface area contributed by atoms with E-state index in [-0.39, 0.29) is 18.1 Å². The molecule has 25 heavy (non-hydrogen) atoms. The van der Waals surface area contributed by atoms with E-state index in [1.54, 1.807) is 0 Å². The van der Waals surface area contributed by atoms with Gasteiger partial charge in [-0.15, -0.1) is 11.8 Å². The second-order valence-electron chi connectivity index (χ2n) is 5.47. The van der Waals surface area contributed by atoms with Crippen LogP contribution in [0.4, 0.5) is 0 Å². The van der Waals surface area contributed by atoms with E-state index in [9.17, 15) is 22.8 Å². The van der Waals surface area contributed by atoms with Crippen molar-refractivity contribution >= 4 is 29.5 Å². The van der Waals surface area contributed by atoms with Crippen molar-refractivity contribution in [3.05, 3.63) is 66.2 Å². The molecule has 2 aromatic carbocycles. The largest absolute Gasteiger partial charge is 0.346 e. The molecule has 0 saturated carbocycles. The highest BCUT2D eigenvalue weighted by Crippen LogP contribution is 2.48. The molecule has 6 nitrogen and oxygen atoms in total. The molecule has 0 heterocycles. The standard InChI is InChI=1S/C16H19O6PS2/c17-23(18,19)16(25(20,21)22)12-11-15(13-7-3-1-4-8-13)24-14-9-5-2-6-10-14/h1-10,15-16H,11-12H2,(H2,17,18,19)(H,20,21,22). The van der Waals surface area contributed by atoms with Crippen LogP contribution in [0.1, 0.15) is 23.7 Å². The second kappa shape index (κ2) is 8.49. The smallest absolute Gasteiger partial charge is 0.323 e. The van der Waals surface area contributed by atoms with Gasteiger partial charge in [0.05, 0.1) is 0 Å². The Hall–Kier alpha value is -1.15. The lowest BCUT2D eigenvalue weighted by Gasteiger charge is -2.20. The Bertz CT molecular complexity index is 820. The van der Waals surface area contributed by atoms with E-state index in [0.29, 0.717) is 0 Å². The zero-order chi connectivity index (χ0) is 18.5. The first-order valence-corrected chi connectivity index (χ1v) is 11.5. The Morgan fingerprint density at radius 1 is 0.920 bits per heavy atom. The summed E-state index contributed by atoms with van der Waals surface area (Å²) in [5.74, 6) is 0. The molecule has 2 rings (SSSR count). The van der Waals surface area contributed by atoms with Crippen molar-refractivity contribution in [1.82, 2.24) is 0 Å². The fourth-order valence-corrected chi connectivity index (χ4v) is 5.91. The molecule has 0 aliphatic rings. The molecule has 0 saturated heterocycles. The predicted octanol–water partition coefficient (Wildman–Crippen LogP) is 3.69. The van der Waals surface area contributed by atoms with Crippen LogP contribution in [0.15, 0.2) is 65.6 Å². The van der Waals surface area contributed by atoms with Gasteiger partial charge in [-0.1, -0.05) is 48.5 Å². The Morgan fingerprint density at radius 3 is 1.92 bits per heavy atom. The van der Waals surface area contributed by atoms with E-state index in [4.69, 9.17) is 4.55 Å². The summed E-state index contributed by atoms with van der Waals surface area (Å²) >= 11 is 1.48. The maximum atomic E-state index is 11.4.